The van der Waals surface area contributed by atoms with Gasteiger partial charge in [0.15, 0.2) is 0 Å². The van der Waals surface area contributed by atoms with Gasteiger partial charge in [-0.25, -0.2) is 0 Å². The highest BCUT2D eigenvalue weighted by Crippen LogP contribution is 2.52. The molecular weight excluding hydrogens is 224 g/mol. The fraction of sp³-hybridized carbons (Fsp3) is 0.923. The fourth-order valence-electron chi connectivity index (χ4n) is 3.95. The van der Waals surface area contributed by atoms with Gasteiger partial charge in [0.05, 0.1) is 0 Å². The highest BCUT2D eigenvalue weighted by Gasteiger charge is 2.53. The number of halogens is 2. The zero-order valence-electron chi connectivity index (χ0n) is 11.0. The molecule has 2 aliphatic rings. The van der Waals surface area contributed by atoms with E-state index in [-0.39, 0.29) is 16.9 Å². The molecule has 4 heteroatoms. The van der Waals surface area contributed by atoms with Gasteiger partial charge in [-0.05, 0) is 30.1 Å². The Bertz CT molecular complexity index is 348. The van der Waals surface area contributed by atoms with Crippen LogP contribution in [0.1, 0.15) is 47.0 Å². The third-order valence-corrected chi connectivity index (χ3v) is 4.05. The van der Waals surface area contributed by atoms with Gasteiger partial charge < -0.3 is 4.90 Å². The van der Waals surface area contributed by atoms with E-state index in [1.807, 2.05) is 0 Å². The van der Waals surface area contributed by atoms with Gasteiger partial charge in [0, 0.05) is 19.5 Å². The third-order valence-electron chi connectivity index (χ3n) is 4.05. The minimum Gasteiger partial charge on any atom is -0.334 e. The molecule has 1 saturated carbocycles. The van der Waals surface area contributed by atoms with Crippen molar-refractivity contribution in [2.24, 2.45) is 10.8 Å². The van der Waals surface area contributed by atoms with Gasteiger partial charge >= 0.3 is 5.92 Å². The number of carbonyl (C=O) groups excluding carboxylic acids is 1. The Morgan fingerprint density at radius 1 is 1.29 bits per heavy atom. The topological polar surface area (TPSA) is 20.3 Å². The molecule has 2 bridgehead atoms. The molecule has 1 heterocycles. The summed E-state index contributed by atoms with van der Waals surface area (Å²) in [6.07, 6.45) is 2.72. The highest BCUT2D eigenvalue weighted by molar-refractivity contribution is 5.83. The average molecular weight is 245 g/mol. The van der Waals surface area contributed by atoms with Crippen LogP contribution in [-0.4, -0.2) is 29.3 Å². The maximum atomic E-state index is 13.2. The standard InChI is InChI=1S/C13H21F2NO/c1-11(2)5-9-6-12(3,7-11)8-16(9)10(17)13(4,14)15/h9H,5-8H2,1-4H3. The van der Waals surface area contributed by atoms with Gasteiger partial charge in [-0.3, -0.25) is 4.79 Å². The Balaban J connectivity index is 2.22. The number of fused-ring (bicyclic) bond motifs is 2. The van der Waals surface area contributed by atoms with Crippen LogP contribution >= 0.6 is 0 Å². The SMILES string of the molecule is CC1(C)CC2CC(C)(CN2C(=O)C(C)(F)F)C1. The van der Waals surface area contributed by atoms with Crippen LogP contribution in [0.4, 0.5) is 8.78 Å². The Kier molecular flexibility index (Phi) is 2.57. The zero-order valence-corrected chi connectivity index (χ0v) is 11.0. The molecule has 0 aromatic rings. The predicted molar refractivity (Wildman–Crippen MR) is 61.9 cm³/mol. The normalized spacial score (nSPS) is 36.1. The summed E-state index contributed by atoms with van der Waals surface area (Å²) in [7, 11) is 0. The van der Waals surface area contributed by atoms with Gasteiger partial charge in [0.2, 0.25) is 0 Å². The Morgan fingerprint density at radius 2 is 1.88 bits per heavy atom. The summed E-state index contributed by atoms with van der Waals surface area (Å²) in [5.74, 6) is -4.23. The molecule has 1 aliphatic heterocycles. The molecule has 1 amide bonds. The van der Waals surface area contributed by atoms with Crippen molar-refractivity contribution in [2.75, 3.05) is 6.54 Å². The maximum Gasteiger partial charge on any atom is 0.322 e. The van der Waals surface area contributed by atoms with Crippen molar-refractivity contribution in [1.29, 1.82) is 0 Å². The van der Waals surface area contributed by atoms with Gasteiger partial charge in [0.1, 0.15) is 0 Å². The minimum absolute atomic E-state index is 0.00192. The molecule has 0 spiro atoms. The first kappa shape index (κ1) is 12.8. The summed E-state index contributed by atoms with van der Waals surface area (Å²) >= 11 is 0. The molecule has 2 unspecified atom stereocenters. The van der Waals surface area contributed by atoms with E-state index in [2.05, 4.69) is 20.8 Å². The molecule has 0 N–H and O–H groups in total. The Morgan fingerprint density at radius 3 is 2.41 bits per heavy atom. The smallest absolute Gasteiger partial charge is 0.322 e. The van der Waals surface area contributed by atoms with Crippen LogP contribution in [0.2, 0.25) is 0 Å². The van der Waals surface area contributed by atoms with Crippen molar-refractivity contribution in [3.8, 4) is 0 Å². The van der Waals surface area contributed by atoms with Crippen molar-refractivity contribution < 1.29 is 13.6 Å². The van der Waals surface area contributed by atoms with Crippen LogP contribution in [0.3, 0.4) is 0 Å². The number of likely N-dealkylation sites (tertiary alicyclic amines) is 1. The number of rotatable bonds is 1. The van der Waals surface area contributed by atoms with E-state index in [9.17, 15) is 13.6 Å². The second-order valence-electron chi connectivity index (χ2n) is 7.04. The van der Waals surface area contributed by atoms with Crippen LogP contribution in [0.15, 0.2) is 0 Å². The highest BCUT2D eigenvalue weighted by atomic mass is 19.3. The second kappa shape index (κ2) is 3.42. The van der Waals surface area contributed by atoms with E-state index in [1.54, 1.807) is 0 Å². The lowest BCUT2D eigenvalue weighted by atomic mass is 9.65. The molecule has 2 atom stereocenters. The molecule has 0 aromatic heterocycles. The number of amides is 1. The van der Waals surface area contributed by atoms with E-state index in [4.69, 9.17) is 0 Å². The summed E-state index contributed by atoms with van der Waals surface area (Å²) in [6, 6.07) is 0.00192. The number of nitrogens with zero attached hydrogens (tertiary/aromatic N) is 1. The first-order valence-electron chi connectivity index (χ1n) is 6.21. The van der Waals surface area contributed by atoms with Crippen molar-refractivity contribution in [2.45, 2.75) is 58.9 Å². The Labute approximate surface area is 101 Å². The quantitative estimate of drug-likeness (QED) is 0.695. The first-order valence-corrected chi connectivity index (χ1v) is 6.21. The van der Waals surface area contributed by atoms with Crippen LogP contribution in [0.5, 0.6) is 0 Å². The molecule has 1 saturated heterocycles. The van der Waals surface area contributed by atoms with Crippen LogP contribution in [0, 0.1) is 10.8 Å². The van der Waals surface area contributed by atoms with Crippen molar-refractivity contribution in [3.05, 3.63) is 0 Å². The van der Waals surface area contributed by atoms with Crippen LogP contribution in [0.25, 0.3) is 0 Å². The number of alkyl halides is 2. The van der Waals surface area contributed by atoms with E-state index >= 15 is 0 Å². The number of carbonyl (C=O) groups is 1. The second-order valence-corrected chi connectivity index (χ2v) is 7.04. The van der Waals surface area contributed by atoms with E-state index in [0.717, 1.165) is 19.3 Å². The number of hydrogen-bond acceptors (Lipinski definition) is 1. The molecule has 2 fully saturated rings. The summed E-state index contributed by atoms with van der Waals surface area (Å²) in [5, 5.41) is 0. The largest absolute Gasteiger partial charge is 0.334 e. The molecule has 2 nitrogen and oxygen atoms in total. The summed E-state index contributed by atoms with van der Waals surface area (Å²) in [5.41, 5.74) is 0.170. The maximum absolute atomic E-state index is 13.2. The monoisotopic (exact) mass is 245 g/mol. The van der Waals surface area contributed by atoms with E-state index < -0.39 is 11.8 Å². The van der Waals surface area contributed by atoms with Gasteiger partial charge in [-0.2, -0.15) is 8.78 Å². The summed E-state index contributed by atoms with van der Waals surface area (Å²) in [6.45, 7) is 7.63. The van der Waals surface area contributed by atoms with Gasteiger partial charge in [-0.15, -0.1) is 0 Å². The van der Waals surface area contributed by atoms with Gasteiger partial charge in [-0.1, -0.05) is 20.8 Å². The summed E-state index contributed by atoms with van der Waals surface area (Å²) in [4.78, 5) is 13.2. The predicted octanol–water partition coefficient (Wildman–Crippen LogP) is 3.07. The lowest BCUT2D eigenvalue weighted by Gasteiger charge is -2.39. The van der Waals surface area contributed by atoms with Crippen molar-refractivity contribution in [1.82, 2.24) is 4.90 Å². The lowest BCUT2D eigenvalue weighted by molar-refractivity contribution is -0.156. The Hall–Kier alpha value is -0.670. The lowest BCUT2D eigenvalue weighted by Crippen LogP contribution is -2.45. The van der Waals surface area contributed by atoms with E-state index in [0.29, 0.717) is 13.5 Å². The first-order chi connectivity index (χ1) is 7.53. The average Bonchev–Trinajstić information content (AvgIpc) is 2.31. The van der Waals surface area contributed by atoms with Crippen LogP contribution in [-0.2, 0) is 4.79 Å². The molecule has 0 aromatic carbocycles. The van der Waals surface area contributed by atoms with Crippen LogP contribution < -0.4 is 0 Å². The van der Waals surface area contributed by atoms with Crippen molar-refractivity contribution >= 4 is 5.91 Å². The number of hydrogen-bond donors (Lipinski definition) is 0. The molecule has 0 radical (unpaired) electrons. The fourth-order valence-corrected chi connectivity index (χ4v) is 3.95. The molecule has 2 rings (SSSR count). The van der Waals surface area contributed by atoms with E-state index in [1.165, 1.54) is 4.90 Å². The van der Waals surface area contributed by atoms with Gasteiger partial charge in [0.25, 0.3) is 5.91 Å². The molecule has 1 aliphatic carbocycles. The van der Waals surface area contributed by atoms with Crippen molar-refractivity contribution in [3.63, 3.8) is 0 Å². The third kappa shape index (κ3) is 2.31. The molecular formula is C13H21F2NO. The molecule has 17 heavy (non-hydrogen) atoms. The zero-order chi connectivity index (χ0) is 13.1. The molecule has 98 valence electrons. The summed E-state index contributed by atoms with van der Waals surface area (Å²) < 4.78 is 26.3. The minimum atomic E-state index is -3.24.